The number of anilines is 2. The molecule has 1 unspecified atom stereocenters. The molecule has 1 aromatic heterocycles. The van der Waals surface area contributed by atoms with Gasteiger partial charge in [0, 0.05) is 12.6 Å². The van der Waals surface area contributed by atoms with Crippen LogP contribution in [-0.2, 0) is 4.79 Å². The van der Waals surface area contributed by atoms with Crippen LogP contribution in [-0.4, -0.2) is 51.4 Å². The molecule has 1 fully saturated rings. The Morgan fingerprint density at radius 1 is 1.55 bits per heavy atom. The van der Waals surface area contributed by atoms with Gasteiger partial charge < -0.3 is 20.4 Å². The average Bonchev–Trinajstić information content (AvgIpc) is 2.47. The smallest absolute Gasteiger partial charge is 0.325 e. The number of carboxylic acid groups (broad SMARTS) is 1. The summed E-state index contributed by atoms with van der Waals surface area (Å²) in [5.74, 6) is 0.266. The van der Waals surface area contributed by atoms with Gasteiger partial charge in [-0.05, 0) is 26.2 Å². The number of nitrogens with one attached hydrogen (secondary N) is 1. The van der Waals surface area contributed by atoms with E-state index in [1.807, 2.05) is 0 Å². The molecule has 0 bridgehead atoms. The molecular formula is C13H20N4O3. The van der Waals surface area contributed by atoms with Gasteiger partial charge in [0.25, 0.3) is 0 Å². The number of aliphatic carboxylic acids is 1. The van der Waals surface area contributed by atoms with E-state index in [2.05, 4.69) is 20.2 Å². The Balaban J connectivity index is 2.14. The van der Waals surface area contributed by atoms with Gasteiger partial charge in [0.15, 0.2) is 0 Å². The van der Waals surface area contributed by atoms with Crippen LogP contribution in [0.4, 0.5) is 11.6 Å². The number of hydrogen-bond acceptors (Lipinski definition) is 6. The molecule has 2 rings (SSSR count). The van der Waals surface area contributed by atoms with Gasteiger partial charge in [-0.25, -0.2) is 9.97 Å². The van der Waals surface area contributed by atoms with Gasteiger partial charge in [-0.1, -0.05) is 0 Å². The lowest BCUT2D eigenvalue weighted by atomic mass is 10.0. The van der Waals surface area contributed by atoms with Crippen molar-refractivity contribution in [1.29, 1.82) is 0 Å². The van der Waals surface area contributed by atoms with Gasteiger partial charge in [-0.3, -0.25) is 4.79 Å². The highest BCUT2D eigenvalue weighted by Gasteiger charge is 2.23. The van der Waals surface area contributed by atoms with Crippen LogP contribution in [0.3, 0.4) is 0 Å². The molecule has 0 radical (unpaired) electrons. The largest absolute Gasteiger partial charge is 0.480 e. The Kier molecular flexibility index (Phi) is 4.73. The first-order valence-electron chi connectivity index (χ1n) is 6.80. The first kappa shape index (κ1) is 14.5. The maximum atomic E-state index is 10.8. The van der Waals surface area contributed by atoms with Gasteiger partial charge >= 0.3 is 5.97 Å². The van der Waals surface area contributed by atoms with Crippen LogP contribution in [0.25, 0.3) is 0 Å². The molecule has 1 aliphatic heterocycles. The van der Waals surface area contributed by atoms with Crippen molar-refractivity contribution in [2.45, 2.75) is 38.3 Å². The van der Waals surface area contributed by atoms with Crippen LogP contribution in [0.15, 0.2) is 12.4 Å². The van der Waals surface area contributed by atoms with Crippen LogP contribution in [0, 0.1) is 0 Å². The van der Waals surface area contributed by atoms with Crippen LogP contribution < -0.4 is 10.2 Å². The third-order valence-electron chi connectivity index (χ3n) is 3.52. The molecule has 7 nitrogen and oxygen atoms in total. The molecule has 0 amide bonds. The van der Waals surface area contributed by atoms with Crippen molar-refractivity contribution in [3.63, 3.8) is 0 Å². The second-order valence-corrected chi connectivity index (χ2v) is 4.99. The Bertz CT molecular complexity index is 469. The molecule has 0 saturated carbocycles. The molecule has 0 aliphatic carbocycles. The highest BCUT2D eigenvalue weighted by atomic mass is 16.4. The topological polar surface area (TPSA) is 98.6 Å². The summed E-state index contributed by atoms with van der Waals surface area (Å²) in [4.78, 5) is 21.2. The van der Waals surface area contributed by atoms with Crippen molar-refractivity contribution in [1.82, 2.24) is 9.97 Å². The van der Waals surface area contributed by atoms with Crippen LogP contribution >= 0.6 is 0 Å². The number of aliphatic hydroxyl groups excluding tert-OH is 1. The summed E-state index contributed by atoms with van der Waals surface area (Å²) in [7, 11) is 0. The number of aliphatic hydroxyl groups is 1. The highest BCUT2D eigenvalue weighted by molar-refractivity contribution is 5.76. The van der Waals surface area contributed by atoms with Gasteiger partial charge in [0.1, 0.15) is 24.0 Å². The fourth-order valence-corrected chi connectivity index (χ4v) is 2.36. The van der Waals surface area contributed by atoms with E-state index < -0.39 is 12.0 Å². The number of piperidine rings is 1. The van der Waals surface area contributed by atoms with E-state index >= 15 is 0 Å². The second kappa shape index (κ2) is 6.51. The molecule has 110 valence electrons. The molecule has 0 spiro atoms. The number of rotatable bonds is 5. The molecule has 2 heterocycles. The fraction of sp³-hybridized carbons (Fsp3) is 0.615. The average molecular weight is 280 g/mol. The van der Waals surface area contributed by atoms with Gasteiger partial charge in [-0.15, -0.1) is 0 Å². The third-order valence-corrected chi connectivity index (χ3v) is 3.52. The zero-order valence-electron chi connectivity index (χ0n) is 11.5. The Morgan fingerprint density at radius 2 is 2.35 bits per heavy atom. The van der Waals surface area contributed by atoms with Gasteiger partial charge in [0.05, 0.1) is 12.6 Å². The maximum absolute atomic E-state index is 10.8. The first-order chi connectivity index (χ1) is 9.61. The van der Waals surface area contributed by atoms with E-state index in [0.717, 1.165) is 31.6 Å². The normalized spacial score (nSPS) is 20.5. The van der Waals surface area contributed by atoms with E-state index in [9.17, 15) is 9.90 Å². The van der Waals surface area contributed by atoms with Gasteiger partial charge in [-0.2, -0.15) is 0 Å². The standard InChI is InChI=1S/C13H20N4O3/c1-9(13(19)20)16-11-6-12(15-8-14-11)17-5-3-2-4-10(17)7-18/h6,8-10,18H,2-5,7H2,1H3,(H,19,20)(H,14,15,16)/t9-,10?/m0/s1. The molecule has 0 aromatic carbocycles. The number of aromatic nitrogens is 2. The SMILES string of the molecule is C[C@H](Nc1cc(N2CCCCC2CO)ncn1)C(=O)O. The van der Waals surface area contributed by atoms with Crippen molar-refractivity contribution in [2.75, 3.05) is 23.4 Å². The van der Waals surface area contributed by atoms with Crippen molar-refractivity contribution >= 4 is 17.6 Å². The predicted octanol–water partition coefficient (Wildman–Crippen LogP) is 0.713. The van der Waals surface area contributed by atoms with Crippen molar-refractivity contribution in [3.05, 3.63) is 12.4 Å². The van der Waals surface area contributed by atoms with Crippen LogP contribution in [0.1, 0.15) is 26.2 Å². The summed E-state index contributed by atoms with van der Waals surface area (Å²) < 4.78 is 0. The van der Waals surface area contributed by atoms with E-state index in [0.29, 0.717) is 5.82 Å². The van der Waals surface area contributed by atoms with E-state index in [1.54, 1.807) is 13.0 Å². The molecule has 1 aliphatic rings. The second-order valence-electron chi connectivity index (χ2n) is 4.99. The lowest BCUT2D eigenvalue weighted by molar-refractivity contribution is -0.137. The zero-order chi connectivity index (χ0) is 14.5. The first-order valence-corrected chi connectivity index (χ1v) is 6.80. The van der Waals surface area contributed by atoms with Crippen molar-refractivity contribution in [3.8, 4) is 0 Å². The minimum absolute atomic E-state index is 0.0726. The summed E-state index contributed by atoms with van der Waals surface area (Å²) >= 11 is 0. The predicted molar refractivity (Wildman–Crippen MR) is 74.8 cm³/mol. The third kappa shape index (κ3) is 3.36. The molecule has 20 heavy (non-hydrogen) atoms. The van der Waals surface area contributed by atoms with Crippen molar-refractivity contribution < 1.29 is 15.0 Å². The van der Waals surface area contributed by atoms with E-state index in [-0.39, 0.29) is 12.6 Å². The lowest BCUT2D eigenvalue weighted by Gasteiger charge is -2.35. The Labute approximate surface area is 117 Å². The monoisotopic (exact) mass is 280 g/mol. The van der Waals surface area contributed by atoms with Crippen LogP contribution in [0.5, 0.6) is 0 Å². The molecule has 1 aromatic rings. The summed E-state index contributed by atoms with van der Waals surface area (Å²) in [6.07, 6.45) is 4.52. The molecule has 3 N–H and O–H groups in total. The summed E-state index contributed by atoms with van der Waals surface area (Å²) in [6.45, 7) is 2.50. The highest BCUT2D eigenvalue weighted by Crippen LogP contribution is 2.24. The number of nitrogens with zero attached hydrogens (tertiary/aromatic N) is 3. The van der Waals surface area contributed by atoms with E-state index in [4.69, 9.17) is 5.11 Å². The number of hydrogen-bond donors (Lipinski definition) is 3. The minimum Gasteiger partial charge on any atom is -0.480 e. The Hall–Kier alpha value is -1.89. The quantitative estimate of drug-likeness (QED) is 0.730. The van der Waals surface area contributed by atoms with Gasteiger partial charge in [0.2, 0.25) is 0 Å². The maximum Gasteiger partial charge on any atom is 0.325 e. The lowest BCUT2D eigenvalue weighted by Crippen LogP contribution is -2.42. The number of carbonyl (C=O) groups is 1. The fourth-order valence-electron chi connectivity index (χ4n) is 2.36. The minimum atomic E-state index is -0.934. The van der Waals surface area contributed by atoms with Crippen LogP contribution in [0.2, 0.25) is 0 Å². The summed E-state index contributed by atoms with van der Waals surface area (Å²) in [6, 6.07) is 1.09. The molecule has 1 saturated heterocycles. The Morgan fingerprint density at radius 3 is 3.05 bits per heavy atom. The molecule has 7 heteroatoms. The zero-order valence-corrected chi connectivity index (χ0v) is 11.5. The van der Waals surface area contributed by atoms with E-state index in [1.165, 1.54) is 6.33 Å². The molecular weight excluding hydrogens is 260 g/mol. The van der Waals surface area contributed by atoms with Crippen molar-refractivity contribution in [2.24, 2.45) is 0 Å². The molecule has 2 atom stereocenters. The summed E-state index contributed by atoms with van der Waals surface area (Å²) in [5, 5.41) is 21.1. The summed E-state index contributed by atoms with van der Waals surface area (Å²) in [5.41, 5.74) is 0. The number of carboxylic acids is 1.